The third kappa shape index (κ3) is 3.74. The fraction of sp³-hybridized carbons (Fsp3) is 0. The molecule has 0 aliphatic rings. The number of aromatic nitrogens is 2. The molecule has 2 N–H and O–H groups in total. The van der Waals surface area contributed by atoms with E-state index in [0.29, 0.717) is 33.1 Å². The maximum Gasteiger partial charge on any atom is 0.229 e. The molecule has 1 heterocycles. The van der Waals surface area contributed by atoms with Crippen molar-refractivity contribution < 1.29 is 0 Å². The predicted molar refractivity (Wildman–Crippen MR) is 96.2 cm³/mol. The minimum Gasteiger partial charge on any atom is -0.339 e. The van der Waals surface area contributed by atoms with Crippen LogP contribution in [0.1, 0.15) is 5.56 Å². The highest BCUT2D eigenvalue weighted by molar-refractivity contribution is 6.42. The van der Waals surface area contributed by atoms with Crippen molar-refractivity contribution >= 4 is 46.3 Å². The van der Waals surface area contributed by atoms with Crippen LogP contribution >= 0.6 is 23.2 Å². The van der Waals surface area contributed by atoms with Crippen LogP contribution in [0.4, 0.5) is 23.1 Å². The molecule has 118 valence electrons. The van der Waals surface area contributed by atoms with Crippen molar-refractivity contribution in [3.05, 3.63) is 70.3 Å². The number of nitrogens with one attached hydrogen (secondary N) is 2. The molecule has 0 aliphatic carbocycles. The summed E-state index contributed by atoms with van der Waals surface area (Å²) in [4.78, 5) is 8.54. The van der Waals surface area contributed by atoms with Crippen LogP contribution in [0, 0.1) is 11.3 Å². The van der Waals surface area contributed by atoms with E-state index in [2.05, 4.69) is 26.7 Å². The second-order valence-electron chi connectivity index (χ2n) is 4.80. The number of benzene rings is 2. The van der Waals surface area contributed by atoms with Gasteiger partial charge in [0.25, 0.3) is 0 Å². The van der Waals surface area contributed by atoms with Crippen LogP contribution in [0.2, 0.25) is 10.0 Å². The van der Waals surface area contributed by atoms with Crippen LogP contribution in [0.25, 0.3) is 0 Å². The topological polar surface area (TPSA) is 73.6 Å². The highest BCUT2D eigenvalue weighted by atomic mass is 35.5. The van der Waals surface area contributed by atoms with Gasteiger partial charge >= 0.3 is 0 Å². The van der Waals surface area contributed by atoms with Crippen molar-refractivity contribution in [2.75, 3.05) is 10.6 Å². The number of anilines is 4. The zero-order valence-corrected chi connectivity index (χ0v) is 13.8. The quantitative estimate of drug-likeness (QED) is 0.677. The molecule has 3 aromatic rings. The lowest BCUT2D eigenvalue weighted by Gasteiger charge is -2.09. The smallest absolute Gasteiger partial charge is 0.229 e. The normalized spacial score (nSPS) is 10.0. The molecular formula is C17H11Cl2N5. The molecule has 0 saturated carbocycles. The zero-order valence-electron chi connectivity index (χ0n) is 12.3. The summed E-state index contributed by atoms with van der Waals surface area (Å²) in [5.74, 6) is 0.961. The van der Waals surface area contributed by atoms with E-state index in [1.807, 2.05) is 12.1 Å². The van der Waals surface area contributed by atoms with Crippen molar-refractivity contribution in [3.8, 4) is 6.07 Å². The Bertz CT molecular complexity index is 921. The Labute approximate surface area is 148 Å². The second-order valence-corrected chi connectivity index (χ2v) is 5.62. The highest BCUT2D eigenvalue weighted by Crippen LogP contribution is 2.26. The number of hydrogen-bond acceptors (Lipinski definition) is 5. The largest absolute Gasteiger partial charge is 0.339 e. The minimum atomic E-state index is 0.396. The molecule has 3 rings (SSSR count). The van der Waals surface area contributed by atoms with Crippen LogP contribution in [0.15, 0.2) is 54.7 Å². The van der Waals surface area contributed by atoms with Crippen molar-refractivity contribution in [1.82, 2.24) is 9.97 Å². The molecule has 5 nitrogen and oxygen atoms in total. The van der Waals surface area contributed by atoms with E-state index in [1.54, 1.807) is 42.6 Å². The van der Waals surface area contributed by atoms with E-state index >= 15 is 0 Å². The lowest BCUT2D eigenvalue weighted by atomic mass is 10.2. The van der Waals surface area contributed by atoms with Gasteiger partial charge in [-0.1, -0.05) is 35.3 Å². The SMILES string of the molecule is N#Cc1ccccc1Nc1ccnc(Nc2ccc(Cl)c(Cl)c2)n1. The Morgan fingerprint density at radius 3 is 2.58 bits per heavy atom. The molecule has 7 heteroatoms. The molecule has 0 radical (unpaired) electrons. The zero-order chi connectivity index (χ0) is 16.9. The van der Waals surface area contributed by atoms with E-state index in [0.717, 1.165) is 5.69 Å². The van der Waals surface area contributed by atoms with Gasteiger partial charge in [0.15, 0.2) is 0 Å². The van der Waals surface area contributed by atoms with Crippen molar-refractivity contribution in [2.45, 2.75) is 0 Å². The van der Waals surface area contributed by atoms with E-state index in [4.69, 9.17) is 28.5 Å². The summed E-state index contributed by atoms with van der Waals surface area (Å²) in [7, 11) is 0. The van der Waals surface area contributed by atoms with E-state index < -0.39 is 0 Å². The molecule has 0 fully saturated rings. The van der Waals surface area contributed by atoms with Gasteiger partial charge in [0.1, 0.15) is 11.9 Å². The van der Waals surface area contributed by atoms with Crippen molar-refractivity contribution in [1.29, 1.82) is 5.26 Å². The number of nitriles is 1. The predicted octanol–water partition coefficient (Wildman–Crippen LogP) is 5.14. The first-order valence-corrected chi connectivity index (χ1v) is 7.72. The number of rotatable bonds is 4. The number of halogens is 2. The average Bonchev–Trinajstić information content (AvgIpc) is 2.59. The van der Waals surface area contributed by atoms with Gasteiger partial charge in [-0.25, -0.2) is 4.98 Å². The molecule has 0 atom stereocenters. The Kier molecular flexibility index (Phi) is 4.80. The van der Waals surface area contributed by atoms with Crippen LogP contribution in [-0.4, -0.2) is 9.97 Å². The Hall–Kier alpha value is -2.81. The van der Waals surface area contributed by atoms with Gasteiger partial charge in [-0.15, -0.1) is 0 Å². The van der Waals surface area contributed by atoms with Crippen LogP contribution < -0.4 is 10.6 Å². The average molecular weight is 356 g/mol. The molecule has 0 saturated heterocycles. The monoisotopic (exact) mass is 355 g/mol. The van der Waals surface area contributed by atoms with E-state index in [1.165, 1.54) is 0 Å². The Morgan fingerprint density at radius 1 is 0.958 bits per heavy atom. The Morgan fingerprint density at radius 2 is 1.79 bits per heavy atom. The molecular weight excluding hydrogens is 345 g/mol. The summed E-state index contributed by atoms with van der Waals surface area (Å²) >= 11 is 11.9. The summed E-state index contributed by atoms with van der Waals surface area (Å²) < 4.78 is 0. The molecule has 0 aliphatic heterocycles. The maximum absolute atomic E-state index is 9.14. The van der Waals surface area contributed by atoms with Crippen LogP contribution in [-0.2, 0) is 0 Å². The number of para-hydroxylation sites is 1. The van der Waals surface area contributed by atoms with Gasteiger partial charge in [0.2, 0.25) is 5.95 Å². The summed E-state index contributed by atoms with van der Waals surface area (Å²) in [5, 5.41) is 16.2. The molecule has 2 aromatic carbocycles. The second kappa shape index (κ2) is 7.18. The lowest BCUT2D eigenvalue weighted by molar-refractivity contribution is 1.16. The van der Waals surface area contributed by atoms with E-state index in [-0.39, 0.29) is 0 Å². The van der Waals surface area contributed by atoms with Crippen molar-refractivity contribution in [3.63, 3.8) is 0 Å². The van der Waals surface area contributed by atoms with Gasteiger partial charge in [-0.05, 0) is 36.4 Å². The summed E-state index contributed by atoms with van der Waals surface area (Å²) in [6.45, 7) is 0. The molecule has 1 aromatic heterocycles. The fourth-order valence-electron chi connectivity index (χ4n) is 2.02. The number of hydrogen-bond donors (Lipinski definition) is 2. The molecule has 0 spiro atoms. The Balaban J connectivity index is 1.81. The third-order valence-corrected chi connectivity index (χ3v) is 3.88. The maximum atomic E-state index is 9.14. The highest BCUT2D eigenvalue weighted by Gasteiger charge is 2.05. The lowest BCUT2D eigenvalue weighted by Crippen LogP contribution is -2.01. The third-order valence-electron chi connectivity index (χ3n) is 3.14. The number of nitrogens with zero attached hydrogens (tertiary/aromatic N) is 3. The molecule has 0 bridgehead atoms. The molecule has 0 amide bonds. The summed E-state index contributed by atoms with van der Waals surface area (Å²) in [6.07, 6.45) is 1.62. The fourth-order valence-corrected chi connectivity index (χ4v) is 2.32. The van der Waals surface area contributed by atoms with Gasteiger partial charge < -0.3 is 10.6 Å². The summed E-state index contributed by atoms with van der Waals surface area (Å²) in [5.41, 5.74) is 1.94. The summed E-state index contributed by atoms with van der Waals surface area (Å²) in [6, 6.07) is 16.2. The van der Waals surface area contributed by atoms with Gasteiger partial charge in [-0.3, -0.25) is 0 Å². The molecule has 0 unspecified atom stereocenters. The van der Waals surface area contributed by atoms with Gasteiger partial charge in [0, 0.05) is 11.9 Å². The van der Waals surface area contributed by atoms with Gasteiger partial charge in [0.05, 0.1) is 21.3 Å². The van der Waals surface area contributed by atoms with Gasteiger partial charge in [-0.2, -0.15) is 10.2 Å². The minimum absolute atomic E-state index is 0.396. The first kappa shape index (κ1) is 16.1. The first-order valence-electron chi connectivity index (χ1n) is 6.97. The van der Waals surface area contributed by atoms with Crippen LogP contribution in [0.3, 0.4) is 0 Å². The standard InChI is InChI=1S/C17H11Cl2N5/c18-13-6-5-12(9-14(13)19)22-17-21-8-7-16(24-17)23-15-4-2-1-3-11(15)10-20/h1-9H,(H2,21,22,23,24). The van der Waals surface area contributed by atoms with E-state index in [9.17, 15) is 0 Å². The first-order chi connectivity index (χ1) is 11.7. The van der Waals surface area contributed by atoms with Crippen molar-refractivity contribution in [2.24, 2.45) is 0 Å². The molecule has 24 heavy (non-hydrogen) atoms. The van der Waals surface area contributed by atoms with Crippen LogP contribution in [0.5, 0.6) is 0 Å².